The number of nitrogens with zero attached hydrogens (tertiary/aromatic N) is 3. The molecule has 0 atom stereocenters. The van der Waals surface area contributed by atoms with Crippen molar-refractivity contribution in [3.8, 4) is 0 Å². The molecule has 1 saturated carbocycles. The van der Waals surface area contributed by atoms with Crippen LogP contribution in [0.4, 0.5) is 0 Å². The molecule has 3 rings (SSSR count). The SMILES string of the molecule is O=S(=O)(C1CC1)N1CCCN(Cc2cocn2)CC1. The number of sulfonamides is 1. The Morgan fingerprint density at radius 3 is 2.79 bits per heavy atom. The summed E-state index contributed by atoms with van der Waals surface area (Å²) in [6.07, 6.45) is 5.62. The van der Waals surface area contributed by atoms with E-state index < -0.39 is 10.0 Å². The van der Waals surface area contributed by atoms with Crippen molar-refractivity contribution >= 4 is 10.0 Å². The average molecular weight is 285 g/mol. The molecule has 0 spiro atoms. The summed E-state index contributed by atoms with van der Waals surface area (Å²) in [5.41, 5.74) is 0.901. The van der Waals surface area contributed by atoms with Crippen LogP contribution in [-0.4, -0.2) is 54.0 Å². The summed E-state index contributed by atoms with van der Waals surface area (Å²) in [6, 6.07) is 0. The topological polar surface area (TPSA) is 66.7 Å². The summed E-state index contributed by atoms with van der Waals surface area (Å²) in [4.78, 5) is 6.34. The molecule has 0 amide bonds. The number of hydrogen-bond acceptors (Lipinski definition) is 5. The third kappa shape index (κ3) is 2.98. The van der Waals surface area contributed by atoms with Crippen LogP contribution in [-0.2, 0) is 16.6 Å². The predicted octanol–water partition coefficient (Wildman–Crippen LogP) is 0.674. The molecule has 1 saturated heterocycles. The third-order valence-corrected chi connectivity index (χ3v) is 6.12. The molecule has 0 aromatic carbocycles. The van der Waals surface area contributed by atoms with Crippen LogP contribution in [0.2, 0.25) is 0 Å². The van der Waals surface area contributed by atoms with Gasteiger partial charge >= 0.3 is 0 Å². The first-order valence-electron chi connectivity index (χ1n) is 6.74. The van der Waals surface area contributed by atoms with Crippen molar-refractivity contribution in [1.29, 1.82) is 0 Å². The third-order valence-electron chi connectivity index (χ3n) is 3.72. The Bertz CT molecular complexity index is 510. The van der Waals surface area contributed by atoms with E-state index in [1.807, 2.05) is 0 Å². The van der Waals surface area contributed by atoms with Gasteiger partial charge in [-0.05, 0) is 25.8 Å². The van der Waals surface area contributed by atoms with Gasteiger partial charge in [-0.3, -0.25) is 4.90 Å². The first-order valence-corrected chi connectivity index (χ1v) is 8.25. The van der Waals surface area contributed by atoms with Gasteiger partial charge in [-0.15, -0.1) is 0 Å². The van der Waals surface area contributed by atoms with Gasteiger partial charge in [-0.25, -0.2) is 17.7 Å². The first kappa shape index (κ1) is 13.1. The van der Waals surface area contributed by atoms with Crippen molar-refractivity contribution in [1.82, 2.24) is 14.2 Å². The number of aromatic nitrogens is 1. The van der Waals surface area contributed by atoms with E-state index in [9.17, 15) is 8.42 Å². The van der Waals surface area contributed by atoms with E-state index in [1.165, 1.54) is 6.39 Å². The Labute approximate surface area is 113 Å². The highest BCUT2D eigenvalue weighted by atomic mass is 32.2. The summed E-state index contributed by atoms with van der Waals surface area (Å²) >= 11 is 0. The van der Waals surface area contributed by atoms with Crippen LogP contribution in [0.15, 0.2) is 17.1 Å². The normalized spacial score (nSPS) is 23.4. The van der Waals surface area contributed by atoms with Crippen LogP contribution >= 0.6 is 0 Å². The quantitative estimate of drug-likeness (QED) is 0.813. The van der Waals surface area contributed by atoms with Crippen LogP contribution < -0.4 is 0 Å². The average Bonchev–Trinajstić information content (AvgIpc) is 3.15. The molecule has 0 N–H and O–H groups in total. The van der Waals surface area contributed by atoms with Crippen LogP contribution in [0, 0.1) is 0 Å². The lowest BCUT2D eigenvalue weighted by atomic mass is 10.3. The fourth-order valence-corrected chi connectivity index (χ4v) is 4.35. The van der Waals surface area contributed by atoms with E-state index >= 15 is 0 Å². The minimum absolute atomic E-state index is 0.102. The summed E-state index contributed by atoms with van der Waals surface area (Å²) in [6.45, 7) is 3.64. The molecule has 1 aliphatic carbocycles. The Hall–Kier alpha value is -0.920. The fourth-order valence-electron chi connectivity index (χ4n) is 2.48. The molecule has 2 aliphatic rings. The number of hydrogen-bond donors (Lipinski definition) is 0. The molecule has 2 heterocycles. The second-order valence-corrected chi connectivity index (χ2v) is 7.47. The molecule has 106 valence electrons. The maximum Gasteiger partial charge on any atom is 0.217 e. The fraction of sp³-hybridized carbons (Fsp3) is 0.750. The molecule has 0 unspecified atom stereocenters. The number of rotatable bonds is 4. The Morgan fingerprint density at radius 2 is 2.11 bits per heavy atom. The standard InChI is InChI=1S/C12H19N3O3S/c16-19(17,12-2-3-12)15-5-1-4-14(6-7-15)8-11-9-18-10-13-11/h9-10,12H,1-8H2. The molecule has 2 fully saturated rings. The van der Waals surface area contributed by atoms with Gasteiger partial charge < -0.3 is 4.42 Å². The van der Waals surface area contributed by atoms with Crippen LogP contribution in [0.3, 0.4) is 0 Å². The number of oxazole rings is 1. The Kier molecular flexibility index (Phi) is 3.60. The van der Waals surface area contributed by atoms with Crippen molar-refractivity contribution in [3.63, 3.8) is 0 Å². The highest BCUT2D eigenvalue weighted by molar-refractivity contribution is 7.90. The smallest absolute Gasteiger partial charge is 0.217 e. The molecular formula is C12H19N3O3S. The molecule has 1 aliphatic heterocycles. The van der Waals surface area contributed by atoms with Gasteiger partial charge in [-0.1, -0.05) is 0 Å². The van der Waals surface area contributed by atoms with Crippen LogP contribution in [0.5, 0.6) is 0 Å². The summed E-state index contributed by atoms with van der Waals surface area (Å²) in [7, 11) is -3.03. The minimum Gasteiger partial charge on any atom is -0.451 e. The molecule has 0 bridgehead atoms. The van der Waals surface area contributed by atoms with Gasteiger partial charge in [0.05, 0.1) is 10.9 Å². The second-order valence-electron chi connectivity index (χ2n) is 5.25. The van der Waals surface area contributed by atoms with Crippen molar-refractivity contribution in [2.45, 2.75) is 31.1 Å². The van der Waals surface area contributed by atoms with Crippen molar-refractivity contribution in [2.75, 3.05) is 26.2 Å². The van der Waals surface area contributed by atoms with Gasteiger partial charge in [0, 0.05) is 26.2 Å². The highest BCUT2D eigenvalue weighted by Gasteiger charge is 2.40. The van der Waals surface area contributed by atoms with Crippen molar-refractivity contribution < 1.29 is 12.8 Å². The predicted molar refractivity (Wildman–Crippen MR) is 69.9 cm³/mol. The molecular weight excluding hydrogens is 266 g/mol. The highest BCUT2D eigenvalue weighted by Crippen LogP contribution is 2.31. The van der Waals surface area contributed by atoms with E-state index in [0.717, 1.165) is 44.6 Å². The van der Waals surface area contributed by atoms with Crippen molar-refractivity contribution in [2.24, 2.45) is 0 Å². The summed E-state index contributed by atoms with van der Waals surface area (Å²) in [5.74, 6) is 0. The van der Waals surface area contributed by atoms with Crippen molar-refractivity contribution in [3.05, 3.63) is 18.4 Å². The van der Waals surface area contributed by atoms with Gasteiger partial charge in [0.2, 0.25) is 10.0 Å². The lowest BCUT2D eigenvalue weighted by molar-refractivity contribution is 0.275. The van der Waals surface area contributed by atoms with E-state index in [-0.39, 0.29) is 5.25 Å². The minimum atomic E-state index is -3.03. The second kappa shape index (κ2) is 5.22. The molecule has 6 nitrogen and oxygen atoms in total. The first-order chi connectivity index (χ1) is 9.16. The summed E-state index contributed by atoms with van der Waals surface area (Å²) < 4.78 is 31.0. The lowest BCUT2D eigenvalue weighted by Gasteiger charge is -2.20. The van der Waals surface area contributed by atoms with Crippen LogP contribution in [0.25, 0.3) is 0 Å². The van der Waals surface area contributed by atoms with Gasteiger partial charge in [0.1, 0.15) is 6.26 Å². The molecule has 0 radical (unpaired) electrons. The Balaban J connectivity index is 1.59. The Morgan fingerprint density at radius 1 is 1.26 bits per heavy atom. The van der Waals surface area contributed by atoms with Gasteiger partial charge in [0.15, 0.2) is 6.39 Å². The maximum absolute atomic E-state index is 12.2. The zero-order chi connectivity index (χ0) is 13.3. The monoisotopic (exact) mass is 285 g/mol. The lowest BCUT2D eigenvalue weighted by Crippen LogP contribution is -2.37. The molecule has 19 heavy (non-hydrogen) atoms. The van der Waals surface area contributed by atoms with E-state index in [0.29, 0.717) is 13.1 Å². The van der Waals surface area contributed by atoms with Gasteiger partial charge in [-0.2, -0.15) is 0 Å². The van der Waals surface area contributed by atoms with Gasteiger partial charge in [0.25, 0.3) is 0 Å². The molecule has 1 aromatic heterocycles. The van der Waals surface area contributed by atoms with E-state index in [1.54, 1.807) is 10.6 Å². The van der Waals surface area contributed by atoms with E-state index in [4.69, 9.17) is 4.42 Å². The zero-order valence-corrected chi connectivity index (χ0v) is 11.7. The largest absolute Gasteiger partial charge is 0.451 e. The van der Waals surface area contributed by atoms with Crippen LogP contribution in [0.1, 0.15) is 25.0 Å². The zero-order valence-electron chi connectivity index (χ0n) is 10.9. The molecule has 7 heteroatoms. The maximum atomic E-state index is 12.2. The molecule has 1 aromatic rings. The van der Waals surface area contributed by atoms with E-state index in [2.05, 4.69) is 9.88 Å². The summed E-state index contributed by atoms with van der Waals surface area (Å²) in [5, 5.41) is -0.102.